The summed E-state index contributed by atoms with van der Waals surface area (Å²) in [6.45, 7) is 10.9. The van der Waals surface area contributed by atoms with Crippen molar-refractivity contribution in [2.45, 2.75) is 123 Å². The molecule has 1 saturated heterocycles. The molecule has 1 aliphatic heterocycles. The summed E-state index contributed by atoms with van der Waals surface area (Å²) in [5, 5.41) is 11.6. The van der Waals surface area contributed by atoms with Gasteiger partial charge in [0.15, 0.2) is 0 Å². The average molecular weight is 808 g/mol. The zero-order valence-electron chi connectivity index (χ0n) is 34.0. The second-order valence-corrected chi connectivity index (χ2v) is 17.8. The van der Waals surface area contributed by atoms with Gasteiger partial charge in [0.1, 0.15) is 17.6 Å². The summed E-state index contributed by atoms with van der Waals surface area (Å²) in [5.74, 6) is -2.93. The Bertz CT molecular complexity index is 1740. The highest BCUT2D eigenvalue weighted by Gasteiger charge is 2.70. The van der Waals surface area contributed by atoms with Gasteiger partial charge >= 0.3 is 6.03 Å². The summed E-state index contributed by atoms with van der Waals surface area (Å²) in [5.41, 5.74) is 10.7. The number of halogens is 1. The van der Waals surface area contributed by atoms with Crippen molar-refractivity contribution in [3.8, 4) is 0 Å². The molecule has 1 unspecified atom stereocenters. The Morgan fingerprint density at radius 3 is 1.95 bits per heavy atom. The molecule has 6 amide bonds. The number of amides is 6. The van der Waals surface area contributed by atoms with Crippen LogP contribution in [0, 0.1) is 28.6 Å². The van der Waals surface area contributed by atoms with E-state index in [1.807, 2.05) is 81.4 Å². The Balaban J connectivity index is 0.000000713. The summed E-state index contributed by atoms with van der Waals surface area (Å²) in [7, 11) is 0. The van der Waals surface area contributed by atoms with E-state index in [1.54, 1.807) is 0 Å². The predicted molar refractivity (Wildman–Crippen MR) is 220 cm³/mol. The first kappa shape index (κ1) is 45.2. The van der Waals surface area contributed by atoms with E-state index in [2.05, 4.69) is 35.1 Å². The number of primary amides is 1. The zero-order chi connectivity index (χ0) is 40.8. The standard InChI is InChI=1S/C36H52N6O6.C7H9N.ClH/c1-34(2,3)28(40-33(48)41-36(16-10-7-11-17-36)32(47)38-19-22-12-8-6-9-13-22)31(46)42-20-23-25(35(23,4)5)26(42)30(45)39-24(18-21-14-15-21)27(43)29(37)44;8-6-7-4-2-1-3-5-7;/h6,8-9,12-13,21,23-26,28H,7,10-11,14-20H2,1-5H3,(H2,37,44)(H,38,47)(H,39,45)(H2,40,41,48);1-5H,6,8H2;1H/t23-,24?,25-,26-,28+;;/m0../s1. The molecule has 5 atom stereocenters. The van der Waals surface area contributed by atoms with Crippen LogP contribution in [0.4, 0.5) is 4.79 Å². The number of nitrogens with zero attached hydrogens (tertiary/aromatic N) is 1. The van der Waals surface area contributed by atoms with Crippen LogP contribution in [0.25, 0.3) is 0 Å². The van der Waals surface area contributed by atoms with Gasteiger partial charge in [0.05, 0.1) is 6.04 Å². The fourth-order valence-corrected chi connectivity index (χ4v) is 8.49. The molecule has 57 heavy (non-hydrogen) atoms. The van der Waals surface area contributed by atoms with Gasteiger partial charge in [-0.15, -0.1) is 12.4 Å². The van der Waals surface area contributed by atoms with E-state index in [0.717, 1.165) is 37.7 Å². The Kier molecular flexibility index (Phi) is 14.9. The third kappa shape index (κ3) is 11.1. The minimum Gasteiger partial charge on any atom is -0.363 e. The molecule has 0 radical (unpaired) electrons. The quantitative estimate of drug-likeness (QED) is 0.163. The molecule has 4 aliphatic rings. The van der Waals surface area contributed by atoms with Gasteiger partial charge in [-0.05, 0) is 59.0 Å². The number of nitrogens with one attached hydrogen (secondary N) is 4. The molecule has 1 heterocycles. The smallest absolute Gasteiger partial charge is 0.316 e. The fraction of sp³-hybridized carbons (Fsp3) is 0.581. The first-order valence-electron chi connectivity index (χ1n) is 20.1. The van der Waals surface area contributed by atoms with Gasteiger partial charge in [0.25, 0.3) is 5.91 Å². The van der Waals surface area contributed by atoms with Gasteiger partial charge in [-0.1, -0.05) is 127 Å². The third-order valence-corrected chi connectivity index (χ3v) is 12.2. The van der Waals surface area contributed by atoms with Crippen LogP contribution >= 0.6 is 12.4 Å². The van der Waals surface area contributed by atoms with Gasteiger partial charge in [-0.2, -0.15) is 0 Å². The van der Waals surface area contributed by atoms with E-state index < -0.39 is 58.6 Å². The number of hydrogen-bond acceptors (Lipinski definition) is 7. The molecular formula is C43H62ClN7O6. The van der Waals surface area contributed by atoms with Crippen molar-refractivity contribution in [1.82, 2.24) is 26.2 Å². The van der Waals surface area contributed by atoms with E-state index in [4.69, 9.17) is 11.5 Å². The molecule has 312 valence electrons. The summed E-state index contributed by atoms with van der Waals surface area (Å²) in [6.07, 6.45) is 5.65. The molecule has 2 aromatic carbocycles. The van der Waals surface area contributed by atoms with E-state index >= 15 is 0 Å². The van der Waals surface area contributed by atoms with Crippen molar-refractivity contribution in [2.75, 3.05) is 6.54 Å². The van der Waals surface area contributed by atoms with E-state index in [9.17, 15) is 28.8 Å². The zero-order valence-corrected chi connectivity index (χ0v) is 34.8. The maximum absolute atomic E-state index is 14.4. The molecule has 14 heteroatoms. The first-order valence-corrected chi connectivity index (χ1v) is 20.1. The van der Waals surface area contributed by atoms with Crippen LogP contribution in [-0.2, 0) is 37.1 Å². The maximum atomic E-state index is 14.4. The Morgan fingerprint density at radius 2 is 1.44 bits per heavy atom. The number of Topliss-reactive ketones (excluding diaryl/α,β-unsaturated/α-hetero) is 1. The number of rotatable bonds is 13. The molecule has 0 bridgehead atoms. The molecular weight excluding hydrogens is 746 g/mol. The number of ketones is 1. The highest BCUT2D eigenvalue weighted by molar-refractivity contribution is 6.37. The molecule has 6 rings (SSSR count). The average Bonchev–Trinajstić information content (AvgIpc) is 4.03. The summed E-state index contributed by atoms with van der Waals surface area (Å²) in [4.78, 5) is 81.6. The molecule has 4 fully saturated rings. The highest BCUT2D eigenvalue weighted by atomic mass is 35.5. The van der Waals surface area contributed by atoms with Crippen LogP contribution < -0.4 is 32.7 Å². The van der Waals surface area contributed by atoms with E-state index in [1.165, 1.54) is 10.5 Å². The van der Waals surface area contributed by atoms with Gasteiger partial charge in [0, 0.05) is 19.6 Å². The van der Waals surface area contributed by atoms with Crippen molar-refractivity contribution >= 4 is 47.9 Å². The number of likely N-dealkylation sites (tertiary alicyclic amines) is 1. The highest BCUT2D eigenvalue weighted by Crippen LogP contribution is 2.65. The first-order chi connectivity index (χ1) is 26.5. The summed E-state index contributed by atoms with van der Waals surface area (Å²) in [6, 6.07) is 16.0. The van der Waals surface area contributed by atoms with Crippen molar-refractivity contribution in [1.29, 1.82) is 0 Å². The van der Waals surface area contributed by atoms with Crippen LogP contribution in [0.5, 0.6) is 0 Å². The Hall–Kier alpha value is -4.49. The lowest BCUT2D eigenvalue weighted by Crippen LogP contribution is -2.65. The summed E-state index contributed by atoms with van der Waals surface area (Å²) >= 11 is 0. The second kappa shape index (κ2) is 18.8. The normalized spacial score (nSPS) is 22.4. The molecule has 3 saturated carbocycles. The van der Waals surface area contributed by atoms with Crippen LogP contribution in [0.2, 0.25) is 0 Å². The van der Waals surface area contributed by atoms with Gasteiger partial charge in [-0.3, -0.25) is 24.0 Å². The number of fused-ring (bicyclic) bond motifs is 1. The van der Waals surface area contributed by atoms with Crippen molar-refractivity contribution < 1.29 is 28.8 Å². The number of carbonyl (C=O) groups excluding carboxylic acids is 6. The minimum absolute atomic E-state index is 0. The number of piperidine rings is 1. The fourth-order valence-electron chi connectivity index (χ4n) is 8.49. The number of benzene rings is 2. The minimum atomic E-state index is -1.12. The molecule has 2 aromatic rings. The van der Waals surface area contributed by atoms with Gasteiger partial charge < -0.3 is 37.6 Å². The molecule has 0 spiro atoms. The van der Waals surface area contributed by atoms with E-state index in [-0.39, 0.29) is 41.5 Å². The van der Waals surface area contributed by atoms with Crippen molar-refractivity contribution in [3.63, 3.8) is 0 Å². The number of urea groups is 1. The van der Waals surface area contributed by atoms with Crippen LogP contribution in [0.3, 0.4) is 0 Å². The Labute approximate surface area is 343 Å². The van der Waals surface area contributed by atoms with Crippen molar-refractivity contribution in [2.24, 2.45) is 40.1 Å². The molecule has 13 nitrogen and oxygen atoms in total. The lowest BCUT2D eigenvalue weighted by atomic mass is 9.80. The Morgan fingerprint density at radius 1 is 0.860 bits per heavy atom. The van der Waals surface area contributed by atoms with Crippen LogP contribution in [0.15, 0.2) is 60.7 Å². The van der Waals surface area contributed by atoms with Gasteiger partial charge in [-0.25, -0.2) is 4.79 Å². The second-order valence-electron chi connectivity index (χ2n) is 17.8. The monoisotopic (exact) mass is 807 g/mol. The van der Waals surface area contributed by atoms with Gasteiger partial charge in [0.2, 0.25) is 23.5 Å². The molecule has 8 N–H and O–H groups in total. The molecule has 0 aromatic heterocycles. The van der Waals surface area contributed by atoms with Crippen LogP contribution in [0.1, 0.15) is 97.1 Å². The van der Waals surface area contributed by atoms with Crippen molar-refractivity contribution in [3.05, 3.63) is 71.8 Å². The number of carbonyl (C=O) groups is 6. The number of nitrogens with two attached hydrogens (primary N) is 2. The third-order valence-electron chi connectivity index (χ3n) is 12.2. The van der Waals surface area contributed by atoms with Crippen LogP contribution in [-0.4, -0.2) is 70.6 Å². The lowest BCUT2D eigenvalue weighted by molar-refractivity contribution is -0.145. The lowest BCUT2D eigenvalue weighted by Gasteiger charge is -2.40. The largest absolute Gasteiger partial charge is 0.363 e. The van der Waals surface area contributed by atoms with E-state index in [0.29, 0.717) is 38.9 Å². The maximum Gasteiger partial charge on any atom is 0.316 e. The SMILES string of the molecule is CC(C)(C)[C@H](NC(=O)NC1(C(=O)NCc2ccccc2)CCCCC1)C(=O)N1C[C@H]2[C@@H]([C@H]1C(=O)NC(CC1CC1)C(=O)C(N)=O)C2(C)C.Cl.NCc1ccccc1. The topological polar surface area (TPSA) is 206 Å². The summed E-state index contributed by atoms with van der Waals surface area (Å²) < 4.78 is 0. The molecule has 3 aliphatic carbocycles. The predicted octanol–water partition coefficient (Wildman–Crippen LogP) is 4.11. The number of hydrogen-bond donors (Lipinski definition) is 6.